The zero-order valence-electron chi connectivity index (χ0n) is 12.6. The smallest absolute Gasteiger partial charge is 0.315 e. The number of allylic oxidation sites excluding steroid dienone is 1. The molecule has 1 aliphatic heterocycles. The first-order valence-corrected chi connectivity index (χ1v) is 8.17. The molecule has 1 saturated carbocycles. The van der Waals surface area contributed by atoms with Crippen molar-refractivity contribution in [1.29, 1.82) is 0 Å². The normalized spacial score (nSPS) is 19.5. The molecule has 112 valence electrons. The summed E-state index contributed by atoms with van der Waals surface area (Å²) in [6.45, 7) is 0.806. The highest BCUT2D eigenvalue weighted by Crippen LogP contribution is 2.27. The first-order valence-electron chi connectivity index (χ1n) is 8.17. The van der Waals surface area contributed by atoms with Crippen LogP contribution in [0.15, 0.2) is 36.5 Å². The van der Waals surface area contributed by atoms with E-state index in [0.717, 1.165) is 25.1 Å². The minimum absolute atomic E-state index is 0.00536. The Balaban J connectivity index is 1.60. The van der Waals surface area contributed by atoms with E-state index in [0.29, 0.717) is 5.92 Å². The average Bonchev–Trinajstić information content (AvgIpc) is 2.55. The predicted octanol–water partition coefficient (Wildman–Crippen LogP) is 4.24. The first kappa shape index (κ1) is 14.2. The second-order valence-corrected chi connectivity index (χ2v) is 6.09. The standard InChI is InChI=1S/C18H24N2O/c21-18(19-13-12-15-7-2-1-3-8-15)20-14-6-10-16-9-4-5-11-17(16)20/h4-5,9,11-13,15H,1-3,6-8,10,14H2,(H,19,21)/b13-12+. The second-order valence-electron chi connectivity index (χ2n) is 6.09. The number of anilines is 1. The molecule has 1 aliphatic carbocycles. The van der Waals surface area contributed by atoms with Crippen LogP contribution >= 0.6 is 0 Å². The van der Waals surface area contributed by atoms with Gasteiger partial charge < -0.3 is 5.32 Å². The fourth-order valence-electron chi connectivity index (χ4n) is 3.40. The quantitative estimate of drug-likeness (QED) is 0.865. The van der Waals surface area contributed by atoms with E-state index in [1.807, 2.05) is 29.3 Å². The summed E-state index contributed by atoms with van der Waals surface area (Å²) in [6.07, 6.45) is 12.7. The van der Waals surface area contributed by atoms with E-state index in [2.05, 4.69) is 17.5 Å². The molecule has 0 unspecified atom stereocenters. The monoisotopic (exact) mass is 284 g/mol. The molecule has 0 radical (unpaired) electrons. The molecule has 3 heteroatoms. The summed E-state index contributed by atoms with van der Waals surface area (Å²) in [5, 5.41) is 2.95. The lowest BCUT2D eigenvalue weighted by Gasteiger charge is -2.29. The van der Waals surface area contributed by atoms with Gasteiger partial charge in [-0.05, 0) is 43.2 Å². The van der Waals surface area contributed by atoms with Crippen molar-refractivity contribution in [2.45, 2.75) is 44.9 Å². The fraction of sp³-hybridized carbons (Fsp3) is 0.500. The third-order valence-corrected chi connectivity index (χ3v) is 4.58. The average molecular weight is 284 g/mol. The molecule has 3 nitrogen and oxygen atoms in total. The van der Waals surface area contributed by atoms with Crippen molar-refractivity contribution in [1.82, 2.24) is 5.32 Å². The number of nitrogens with one attached hydrogen (secondary N) is 1. The molecule has 0 spiro atoms. The van der Waals surface area contributed by atoms with Crippen LogP contribution in [0.25, 0.3) is 0 Å². The summed E-state index contributed by atoms with van der Waals surface area (Å²) < 4.78 is 0. The highest BCUT2D eigenvalue weighted by Gasteiger charge is 2.21. The van der Waals surface area contributed by atoms with Crippen molar-refractivity contribution in [3.05, 3.63) is 42.1 Å². The number of hydrogen-bond acceptors (Lipinski definition) is 1. The van der Waals surface area contributed by atoms with E-state index in [-0.39, 0.29) is 6.03 Å². The number of hydrogen-bond donors (Lipinski definition) is 1. The van der Waals surface area contributed by atoms with Gasteiger partial charge in [0.2, 0.25) is 0 Å². The van der Waals surface area contributed by atoms with Gasteiger partial charge in [0.25, 0.3) is 0 Å². The van der Waals surface area contributed by atoms with Crippen LogP contribution in [0.2, 0.25) is 0 Å². The Kier molecular flexibility index (Phi) is 4.59. The predicted molar refractivity (Wildman–Crippen MR) is 86.4 cm³/mol. The minimum atomic E-state index is -0.00536. The maximum absolute atomic E-state index is 12.4. The molecule has 1 fully saturated rings. The summed E-state index contributed by atoms with van der Waals surface area (Å²) in [7, 11) is 0. The number of aryl methyl sites for hydroxylation is 1. The zero-order valence-corrected chi connectivity index (χ0v) is 12.6. The molecule has 3 rings (SSSR count). The fourth-order valence-corrected chi connectivity index (χ4v) is 3.40. The van der Waals surface area contributed by atoms with Crippen LogP contribution in [0.5, 0.6) is 0 Å². The maximum atomic E-state index is 12.4. The van der Waals surface area contributed by atoms with Gasteiger partial charge in [-0.15, -0.1) is 0 Å². The van der Waals surface area contributed by atoms with Gasteiger partial charge in [0.05, 0.1) is 0 Å². The van der Waals surface area contributed by atoms with Gasteiger partial charge in [-0.3, -0.25) is 4.90 Å². The molecule has 21 heavy (non-hydrogen) atoms. The number of benzene rings is 1. The van der Waals surface area contributed by atoms with Crippen LogP contribution in [-0.4, -0.2) is 12.6 Å². The Labute approximate surface area is 127 Å². The molecule has 0 bridgehead atoms. The summed E-state index contributed by atoms with van der Waals surface area (Å²) in [6, 6.07) is 8.20. The number of urea groups is 1. The van der Waals surface area contributed by atoms with Crippen molar-refractivity contribution in [3.63, 3.8) is 0 Å². The Bertz CT molecular complexity index is 518. The highest BCUT2D eigenvalue weighted by atomic mass is 16.2. The second kappa shape index (κ2) is 6.79. The van der Waals surface area contributed by atoms with Crippen LogP contribution in [0.3, 0.4) is 0 Å². The molecule has 1 heterocycles. The summed E-state index contributed by atoms with van der Waals surface area (Å²) in [4.78, 5) is 14.2. The number of amides is 2. The van der Waals surface area contributed by atoms with Crippen molar-refractivity contribution in [2.75, 3.05) is 11.4 Å². The topological polar surface area (TPSA) is 32.3 Å². The molecule has 0 aromatic heterocycles. The van der Waals surface area contributed by atoms with Gasteiger partial charge in [-0.1, -0.05) is 43.5 Å². The lowest BCUT2D eigenvalue weighted by molar-refractivity contribution is 0.249. The third-order valence-electron chi connectivity index (χ3n) is 4.58. The lowest BCUT2D eigenvalue weighted by Crippen LogP contribution is -2.40. The van der Waals surface area contributed by atoms with Gasteiger partial charge in [-0.25, -0.2) is 4.79 Å². The number of fused-ring (bicyclic) bond motifs is 1. The van der Waals surface area contributed by atoms with E-state index in [4.69, 9.17) is 0 Å². The molecule has 2 aliphatic rings. The summed E-state index contributed by atoms with van der Waals surface area (Å²) >= 11 is 0. The minimum Gasteiger partial charge on any atom is -0.315 e. The SMILES string of the molecule is O=C(N/C=C/C1CCCCC1)N1CCCc2ccccc21. The van der Waals surface area contributed by atoms with Gasteiger partial charge >= 0.3 is 6.03 Å². The van der Waals surface area contributed by atoms with Gasteiger partial charge in [0.15, 0.2) is 0 Å². The molecule has 0 atom stereocenters. The maximum Gasteiger partial charge on any atom is 0.325 e. The van der Waals surface area contributed by atoms with Crippen molar-refractivity contribution in [3.8, 4) is 0 Å². The largest absolute Gasteiger partial charge is 0.325 e. The molecular formula is C18H24N2O. The lowest BCUT2D eigenvalue weighted by atomic mass is 9.89. The number of para-hydroxylation sites is 1. The number of carbonyl (C=O) groups is 1. The Morgan fingerprint density at radius 3 is 2.81 bits per heavy atom. The molecule has 1 aromatic rings. The van der Waals surface area contributed by atoms with E-state index < -0.39 is 0 Å². The molecule has 1 N–H and O–H groups in total. The molecule has 1 aromatic carbocycles. The highest BCUT2D eigenvalue weighted by molar-refractivity contribution is 5.93. The summed E-state index contributed by atoms with van der Waals surface area (Å²) in [5.41, 5.74) is 2.34. The third kappa shape index (κ3) is 3.46. The Hall–Kier alpha value is -1.77. The van der Waals surface area contributed by atoms with Crippen LogP contribution < -0.4 is 10.2 Å². The number of rotatable bonds is 2. The van der Waals surface area contributed by atoms with Crippen molar-refractivity contribution >= 4 is 11.7 Å². The van der Waals surface area contributed by atoms with Gasteiger partial charge in [0.1, 0.15) is 0 Å². The Morgan fingerprint density at radius 2 is 1.95 bits per heavy atom. The van der Waals surface area contributed by atoms with E-state index >= 15 is 0 Å². The van der Waals surface area contributed by atoms with Crippen LogP contribution in [-0.2, 0) is 6.42 Å². The van der Waals surface area contributed by atoms with Crippen molar-refractivity contribution < 1.29 is 4.79 Å². The van der Waals surface area contributed by atoms with Crippen LogP contribution in [0.1, 0.15) is 44.1 Å². The van der Waals surface area contributed by atoms with Gasteiger partial charge in [0, 0.05) is 18.4 Å². The van der Waals surface area contributed by atoms with E-state index in [9.17, 15) is 4.79 Å². The number of nitrogens with zero attached hydrogens (tertiary/aromatic N) is 1. The van der Waals surface area contributed by atoms with E-state index in [1.54, 1.807) is 0 Å². The van der Waals surface area contributed by atoms with E-state index in [1.165, 1.54) is 37.7 Å². The van der Waals surface area contributed by atoms with Crippen LogP contribution in [0.4, 0.5) is 10.5 Å². The Morgan fingerprint density at radius 1 is 1.14 bits per heavy atom. The van der Waals surface area contributed by atoms with Gasteiger partial charge in [-0.2, -0.15) is 0 Å². The molecule has 0 saturated heterocycles. The van der Waals surface area contributed by atoms with Crippen molar-refractivity contribution in [2.24, 2.45) is 5.92 Å². The summed E-state index contributed by atoms with van der Waals surface area (Å²) in [5.74, 6) is 0.646. The van der Waals surface area contributed by atoms with Crippen LogP contribution in [0, 0.1) is 5.92 Å². The first-order chi connectivity index (χ1) is 10.3. The molecule has 2 amide bonds. The zero-order chi connectivity index (χ0) is 14.5. The number of carbonyl (C=O) groups excluding carboxylic acids is 1. The molecular weight excluding hydrogens is 260 g/mol.